The number of anilines is 2. The molecule has 2 aliphatic rings. The van der Waals surface area contributed by atoms with Crippen molar-refractivity contribution in [3.05, 3.63) is 11.3 Å². The van der Waals surface area contributed by atoms with Crippen LogP contribution in [-0.2, 0) is 12.8 Å². The largest absolute Gasteiger partial charge is 0.341 e. The van der Waals surface area contributed by atoms with Gasteiger partial charge in [-0.3, -0.25) is 0 Å². The van der Waals surface area contributed by atoms with Crippen molar-refractivity contribution >= 4 is 11.8 Å². The lowest BCUT2D eigenvalue weighted by atomic mass is 9.96. The van der Waals surface area contributed by atoms with Crippen LogP contribution in [0.1, 0.15) is 36.9 Å². The summed E-state index contributed by atoms with van der Waals surface area (Å²) in [7, 11) is 0. The van der Waals surface area contributed by atoms with Crippen molar-refractivity contribution in [2.45, 2.75) is 38.5 Å². The van der Waals surface area contributed by atoms with E-state index >= 15 is 0 Å². The van der Waals surface area contributed by atoms with E-state index in [0.717, 1.165) is 37.7 Å². The normalized spacial score (nSPS) is 19.2. The van der Waals surface area contributed by atoms with Crippen LogP contribution < -0.4 is 16.2 Å². The molecule has 0 spiro atoms. The van der Waals surface area contributed by atoms with E-state index in [1.165, 1.54) is 36.9 Å². The Balaban J connectivity index is 1.99. The first-order valence-electron chi connectivity index (χ1n) is 6.50. The number of hydrazine groups is 1. The van der Waals surface area contributed by atoms with E-state index in [0.29, 0.717) is 0 Å². The summed E-state index contributed by atoms with van der Waals surface area (Å²) in [6.07, 6.45) is 7.04. The molecular formula is C12H19N5. The van der Waals surface area contributed by atoms with Crippen molar-refractivity contribution in [1.82, 2.24) is 9.97 Å². The summed E-state index contributed by atoms with van der Waals surface area (Å²) < 4.78 is 0. The van der Waals surface area contributed by atoms with Gasteiger partial charge in [-0.25, -0.2) is 10.8 Å². The van der Waals surface area contributed by atoms with Crippen LogP contribution in [0.15, 0.2) is 0 Å². The predicted octanol–water partition coefficient (Wildman–Crippen LogP) is 1.24. The van der Waals surface area contributed by atoms with Crippen LogP contribution in [0, 0.1) is 0 Å². The van der Waals surface area contributed by atoms with Crippen LogP contribution >= 0.6 is 0 Å². The zero-order valence-electron chi connectivity index (χ0n) is 10.1. The first kappa shape index (κ1) is 10.8. The summed E-state index contributed by atoms with van der Waals surface area (Å²) >= 11 is 0. The molecule has 1 aromatic rings. The topological polar surface area (TPSA) is 67.1 Å². The molecule has 1 fully saturated rings. The SMILES string of the molecule is NNc1nc(N2CCCC2)nc2c1CCCC2. The van der Waals surface area contributed by atoms with Crippen LogP contribution in [0.5, 0.6) is 0 Å². The van der Waals surface area contributed by atoms with Crippen molar-refractivity contribution in [3.63, 3.8) is 0 Å². The summed E-state index contributed by atoms with van der Waals surface area (Å²) in [5, 5.41) is 0. The molecule has 1 aliphatic carbocycles. The van der Waals surface area contributed by atoms with Crippen LogP contribution in [0.2, 0.25) is 0 Å². The fourth-order valence-electron chi connectivity index (χ4n) is 2.76. The third-order valence-electron chi connectivity index (χ3n) is 3.70. The number of nitrogen functional groups attached to an aromatic ring is 1. The number of fused-ring (bicyclic) bond motifs is 1. The second-order valence-corrected chi connectivity index (χ2v) is 4.84. The molecule has 0 amide bonds. The van der Waals surface area contributed by atoms with E-state index in [-0.39, 0.29) is 0 Å². The number of nitrogens with two attached hydrogens (primary N) is 1. The molecule has 1 saturated heterocycles. The zero-order chi connectivity index (χ0) is 11.7. The highest BCUT2D eigenvalue weighted by Gasteiger charge is 2.21. The quantitative estimate of drug-likeness (QED) is 0.594. The fourth-order valence-corrected chi connectivity index (χ4v) is 2.76. The minimum atomic E-state index is 0.830. The fraction of sp³-hybridized carbons (Fsp3) is 0.667. The molecule has 0 bridgehead atoms. The van der Waals surface area contributed by atoms with Gasteiger partial charge in [0.05, 0.1) is 5.69 Å². The number of nitrogens with one attached hydrogen (secondary N) is 1. The summed E-state index contributed by atoms with van der Waals surface area (Å²) in [5.41, 5.74) is 5.16. The van der Waals surface area contributed by atoms with Gasteiger partial charge in [-0.2, -0.15) is 4.98 Å². The van der Waals surface area contributed by atoms with E-state index in [9.17, 15) is 0 Å². The highest BCUT2D eigenvalue weighted by atomic mass is 15.3. The lowest BCUT2D eigenvalue weighted by Gasteiger charge is -2.22. The summed E-state index contributed by atoms with van der Waals surface area (Å²) in [4.78, 5) is 11.5. The second kappa shape index (κ2) is 4.49. The highest BCUT2D eigenvalue weighted by Crippen LogP contribution is 2.28. The van der Waals surface area contributed by atoms with Crippen LogP contribution in [-0.4, -0.2) is 23.1 Å². The molecule has 2 heterocycles. The van der Waals surface area contributed by atoms with Gasteiger partial charge < -0.3 is 10.3 Å². The molecule has 17 heavy (non-hydrogen) atoms. The van der Waals surface area contributed by atoms with Gasteiger partial charge in [0, 0.05) is 18.7 Å². The average Bonchev–Trinajstić information content (AvgIpc) is 2.91. The lowest BCUT2D eigenvalue weighted by molar-refractivity contribution is 0.661. The van der Waals surface area contributed by atoms with Gasteiger partial charge in [0.2, 0.25) is 5.95 Å². The number of nitrogens with zero attached hydrogens (tertiary/aromatic N) is 3. The van der Waals surface area contributed by atoms with Crippen molar-refractivity contribution in [3.8, 4) is 0 Å². The maximum Gasteiger partial charge on any atom is 0.227 e. The Morgan fingerprint density at radius 2 is 1.76 bits per heavy atom. The van der Waals surface area contributed by atoms with Crippen LogP contribution in [0.25, 0.3) is 0 Å². The molecule has 5 nitrogen and oxygen atoms in total. The van der Waals surface area contributed by atoms with Gasteiger partial charge in [0.15, 0.2) is 0 Å². The Kier molecular flexibility index (Phi) is 2.84. The number of aryl methyl sites for hydroxylation is 1. The minimum Gasteiger partial charge on any atom is -0.341 e. The molecule has 3 N–H and O–H groups in total. The van der Waals surface area contributed by atoms with Gasteiger partial charge in [-0.05, 0) is 38.5 Å². The van der Waals surface area contributed by atoms with E-state index in [4.69, 9.17) is 10.8 Å². The molecule has 3 rings (SSSR count). The molecule has 0 saturated carbocycles. The zero-order valence-corrected chi connectivity index (χ0v) is 10.1. The monoisotopic (exact) mass is 233 g/mol. The van der Waals surface area contributed by atoms with Gasteiger partial charge in [-0.15, -0.1) is 0 Å². The molecule has 0 atom stereocenters. The Bertz CT molecular complexity index is 394. The first-order chi connectivity index (χ1) is 8.38. The minimum absolute atomic E-state index is 0.830. The van der Waals surface area contributed by atoms with Crippen LogP contribution in [0.4, 0.5) is 11.8 Å². The van der Waals surface area contributed by atoms with Crippen LogP contribution in [0.3, 0.4) is 0 Å². The molecule has 0 unspecified atom stereocenters. The van der Waals surface area contributed by atoms with E-state index in [2.05, 4.69) is 15.3 Å². The van der Waals surface area contributed by atoms with Gasteiger partial charge in [-0.1, -0.05) is 0 Å². The molecular weight excluding hydrogens is 214 g/mol. The number of hydrogen-bond donors (Lipinski definition) is 2. The average molecular weight is 233 g/mol. The van der Waals surface area contributed by atoms with Gasteiger partial charge in [0.1, 0.15) is 5.82 Å². The Hall–Kier alpha value is -1.36. The predicted molar refractivity (Wildman–Crippen MR) is 67.9 cm³/mol. The summed E-state index contributed by atoms with van der Waals surface area (Å²) in [5.74, 6) is 7.27. The van der Waals surface area contributed by atoms with Crippen molar-refractivity contribution in [2.75, 3.05) is 23.4 Å². The van der Waals surface area contributed by atoms with Crippen molar-refractivity contribution in [2.24, 2.45) is 5.84 Å². The Morgan fingerprint density at radius 1 is 1.00 bits per heavy atom. The van der Waals surface area contributed by atoms with E-state index < -0.39 is 0 Å². The molecule has 5 heteroatoms. The molecule has 0 radical (unpaired) electrons. The third kappa shape index (κ3) is 1.95. The lowest BCUT2D eigenvalue weighted by Crippen LogP contribution is -2.24. The number of aromatic nitrogens is 2. The third-order valence-corrected chi connectivity index (χ3v) is 3.70. The maximum absolute atomic E-state index is 5.58. The Morgan fingerprint density at radius 3 is 2.53 bits per heavy atom. The standard InChI is InChI=1S/C12H19N5/c13-16-11-9-5-1-2-6-10(9)14-12(15-11)17-7-3-4-8-17/h1-8,13H2,(H,14,15,16). The maximum atomic E-state index is 5.58. The number of hydrogen-bond acceptors (Lipinski definition) is 5. The molecule has 1 aliphatic heterocycles. The smallest absolute Gasteiger partial charge is 0.227 e. The van der Waals surface area contributed by atoms with E-state index in [1.54, 1.807) is 0 Å². The van der Waals surface area contributed by atoms with Gasteiger partial charge in [0.25, 0.3) is 0 Å². The first-order valence-corrected chi connectivity index (χ1v) is 6.50. The Labute approximate surface area is 101 Å². The van der Waals surface area contributed by atoms with E-state index in [1.807, 2.05) is 0 Å². The summed E-state index contributed by atoms with van der Waals surface area (Å²) in [6, 6.07) is 0. The van der Waals surface area contributed by atoms with Gasteiger partial charge >= 0.3 is 0 Å². The number of rotatable bonds is 2. The second-order valence-electron chi connectivity index (χ2n) is 4.84. The molecule has 92 valence electrons. The molecule has 1 aromatic heterocycles. The summed E-state index contributed by atoms with van der Waals surface area (Å²) in [6.45, 7) is 2.14. The molecule has 0 aromatic carbocycles. The highest BCUT2D eigenvalue weighted by molar-refractivity contribution is 5.51. The van der Waals surface area contributed by atoms with Crippen molar-refractivity contribution < 1.29 is 0 Å². The van der Waals surface area contributed by atoms with Crippen molar-refractivity contribution in [1.29, 1.82) is 0 Å².